The fourth-order valence-electron chi connectivity index (χ4n) is 2.47. The first kappa shape index (κ1) is 15.9. The van der Waals surface area contributed by atoms with Crippen molar-refractivity contribution in [2.75, 3.05) is 0 Å². The summed E-state index contributed by atoms with van der Waals surface area (Å²) in [6.45, 7) is 3.87. The van der Waals surface area contributed by atoms with Gasteiger partial charge in [-0.1, -0.05) is 37.6 Å². The standard InChI is InChI=1S/C16H17ClF2N2/c1-16(2,10-3-5-11(18)6-4-10)15(21-20)13-9-12(19)7-8-14(13)17/h3-9,15,21H,20H2,1-2H3. The molecule has 2 aromatic rings. The molecule has 0 spiro atoms. The Bertz CT molecular complexity index is 627. The lowest BCUT2D eigenvalue weighted by Gasteiger charge is -2.35. The van der Waals surface area contributed by atoms with Crippen LogP contribution in [0.2, 0.25) is 5.02 Å². The highest BCUT2D eigenvalue weighted by molar-refractivity contribution is 6.31. The predicted molar refractivity (Wildman–Crippen MR) is 80.9 cm³/mol. The van der Waals surface area contributed by atoms with Gasteiger partial charge < -0.3 is 0 Å². The van der Waals surface area contributed by atoms with E-state index in [2.05, 4.69) is 5.43 Å². The lowest BCUT2D eigenvalue weighted by Crippen LogP contribution is -2.41. The Morgan fingerprint density at radius 2 is 1.62 bits per heavy atom. The lowest BCUT2D eigenvalue weighted by molar-refractivity contribution is 0.351. The molecule has 0 amide bonds. The van der Waals surface area contributed by atoms with Crippen LogP contribution in [0.1, 0.15) is 31.0 Å². The number of benzene rings is 2. The van der Waals surface area contributed by atoms with E-state index in [4.69, 9.17) is 17.4 Å². The van der Waals surface area contributed by atoms with Crippen LogP contribution >= 0.6 is 11.6 Å². The number of halogens is 3. The molecule has 0 radical (unpaired) electrons. The normalized spacial score (nSPS) is 13.2. The SMILES string of the molecule is CC(C)(c1ccc(F)cc1)C(NN)c1cc(F)ccc1Cl. The van der Waals surface area contributed by atoms with Crippen LogP contribution in [0.4, 0.5) is 8.78 Å². The molecule has 5 heteroatoms. The van der Waals surface area contributed by atoms with Crippen LogP contribution < -0.4 is 11.3 Å². The molecule has 0 aliphatic carbocycles. The number of rotatable bonds is 4. The molecule has 2 rings (SSSR count). The van der Waals surface area contributed by atoms with Crippen LogP contribution in [-0.4, -0.2) is 0 Å². The minimum absolute atomic E-state index is 0.310. The molecule has 2 aromatic carbocycles. The van der Waals surface area contributed by atoms with Crippen molar-refractivity contribution in [1.29, 1.82) is 0 Å². The van der Waals surface area contributed by atoms with Crippen molar-refractivity contribution >= 4 is 11.6 Å². The van der Waals surface area contributed by atoms with E-state index < -0.39 is 11.5 Å². The average Bonchev–Trinajstić information content (AvgIpc) is 2.43. The Morgan fingerprint density at radius 3 is 2.19 bits per heavy atom. The van der Waals surface area contributed by atoms with Crippen LogP contribution in [0, 0.1) is 11.6 Å². The topological polar surface area (TPSA) is 38.0 Å². The predicted octanol–water partition coefficient (Wildman–Crippen LogP) is 4.10. The second-order valence-corrected chi connectivity index (χ2v) is 5.90. The van der Waals surface area contributed by atoms with Crippen molar-refractivity contribution in [3.63, 3.8) is 0 Å². The fourth-order valence-corrected chi connectivity index (χ4v) is 2.70. The number of hydrazine groups is 1. The molecule has 1 unspecified atom stereocenters. The van der Waals surface area contributed by atoms with Gasteiger partial charge in [0.2, 0.25) is 0 Å². The van der Waals surface area contributed by atoms with Gasteiger partial charge in [-0.15, -0.1) is 0 Å². The first-order chi connectivity index (χ1) is 9.86. The van der Waals surface area contributed by atoms with Gasteiger partial charge in [-0.2, -0.15) is 0 Å². The monoisotopic (exact) mass is 310 g/mol. The molecule has 112 valence electrons. The summed E-state index contributed by atoms with van der Waals surface area (Å²) >= 11 is 6.17. The molecule has 0 saturated carbocycles. The van der Waals surface area contributed by atoms with E-state index in [0.29, 0.717) is 10.6 Å². The van der Waals surface area contributed by atoms with Crippen molar-refractivity contribution in [2.24, 2.45) is 5.84 Å². The van der Waals surface area contributed by atoms with Crippen molar-refractivity contribution in [1.82, 2.24) is 5.43 Å². The lowest BCUT2D eigenvalue weighted by atomic mass is 9.75. The Balaban J connectivity index is 2.48. The van der Waals surface area contributed by atoms with E-state index in [1.165, 1.54) is 30.3 Å². The molecule has 2 nitrogen and oxygen atoms in total. The van der Waals surface area contributed by atoms with Gasteiger partial charge in [-0.3, -0.25) is 11.3 Å². The van der Waals surface area contributed by atoms with E-state index in [1.54, 1.807) is 12.1 Å². The van der Waals surface area contributed by atoms with Gasteiger partial charge in [-0.25, -0.2) is 8.78 Å². The van der Waals surface area contributed by atoms with E-state index in [1.807, 2.05) is 13.8 Å². The molecular weight excluding hydrogens is 294 g/mol. The summed E-state index contributed by atoms with van der Waals surface area (Å²) in [5.74, 6) is 4.98. The highest BCUT2D eigenvalue weighted by atomic mass is 35.5. The third-order valence-corrected chi connectivity index (χ3v) is 4.09. The first-order valence-electron chi connectivity index (χ1n) is 6.53. The summed E-state index contributed by atoms with van der Waals surface area (Å²) in [6, 6.07) is 9.88. The van der Waals surface area contributed by atoms with E-state index >= 15 is 0 Å². The van der Waals surface area contributed by atoms with Crippen molar-refractivity contribution in [3.8, 4) is 0 Å². The number of nitrogens with one attached hydrogen (secondary N) is 1. The molecule has 3 N–H and O–H groups in total. The quantitative estimate of drug-likeness (QED) is 0.659. The Labute approximate surface area is 127 Å². The fraction of sp³-hybridized carbons (Fsp3) is 0.250. The number of hydrogen-bond donors (Lipinski definition) is 2. The Morgan fingerprint density at radius 1 is 1.05 bits per heavy atom. The van der Waals surface area contributed by atoms with Crippen molar-refractivity contribution in [3.05, 3.63) is 70.2 Å². The maximum absolute atomic E-state index is 13.5. The summed E-state index contributed by atoms with van der Waals surface area (Å²) in [5, 5.41) is 0.425. The maximum Gasteiger partial charge on any atom is 0.123 e. The van der Waals surface area contributed by atoms with Crippen LogP contribution in [0.25, 0.3) is 0 Å². The first-order valence-corrected chi connectivity index (χ1v) is 6.91. The largest absolute Gasteiger partial charge is 0.271 e. The minimum atomic E-state index is -0.514. The van der Waals surface area contributed by atoms with Crippen LogP contribution in [-0.2, 0) is 5.41 Å². The van der Waals surface area contributed by atoms with Gasteiger partial charge >= 0.3 is 0 Å². The van der Waals surface area contributed by atoms with E-state index in [0.717, 1.165) is 5.56 Å². The van der Waals surface area contributed by atoms with Crippen molar-refractivity contribution < 1.29 is 8.78 Å². The molecule has 0 heterocycles. The maximum atomic E-state index is 13.5. The zero-order chi connectivity index (χ0) is 15.6. The van der Waals surface area contributed by atoms with Gasteiger partial charge in [0.1, 0.15) is 11.6 Å². The number of nitrogens with two attached hydrogens (primary N) is 1. The summed E-state index contributed by atoms with van der Waals surface area (Å²) in [5.41, 5.74) is 3.61. The number of hydrogen-bond acceptors (Lipinski definition) is 2. The average molecular weight is 311 g/mol. The molecular formula is C16H17ClF2N2. The smallest absolute Gasteiger partial charge is 0.123 e. The van der Waals surface area contributed by atoms with Gasteiger partial charge in [0.15, 0.2) is 0 Å². The van der Waals surface area contributed by atoms with E-state index in [-0.39, 0.29) is 11.6 Å². The Hall–Kier alpha value is -1.49. The summed E-state index contributed by atoms with van der Waals surface area (Å²) in [4.78, 5) is 0. The van der Waals surface area contributed by atoms with Gasteiger partial charge in [0.05, 0.1) is 6.04 Å². The Kier molecular flexibility index (Phi) is 4.61. The third-order valence-electron chi connectivity index (χ3n) is 3.75. The molecule has 0 aliphatic rings. The van der Waals surface area contributed by atoms with E-state index in [9.17, 15) is 8.78 Å². The van der Waals surface area contributed by atoms with Gasteiger partial charge in [-0.05, 0) is 41.5 Å². The molecule has 0 saturated heterocycles. The second-order valence-electron chi connectivity index (χ2n) is 5.49. The zero-order valence-electron chi connectivity index (χ0n) is 11.8. The second kappa shape index (κ2) is 6.10. The molecule has 1 atom stereocenters. The summed E-state index contributed by atoms with van der Waals surface area (Å²) < 4.78 is 26.6. The molecule has 0 aromatic heterocycles. The minimum Gasteiger partial charge on any atom is -0.271 e. The highest BCUT2D eigenvalue weighted by Gasteiger charge is 2.33. The highest BCUT2D eigenvalue weighted by Crippen LogP contribution is 2.39. The third kappa shape index (κ3) is 3.23. The van der Waals surface area contributed by atoms with Crippen LogP contribution in [0.5, 0.6) is 0 Å². The zero-order valence-corrected chi connectivity index (χ0v) is 12.6. The molecule has 0 aliphatic heterocycles. The molecule has 0 bridgehead atoms. The molecule has 0 fully saturated rings. The van der Waals surface area contributed by atoms with Crippen molar-refractivity contribution in [2.45, 2.75) is 25.3 Å². The van der Waals surface area contributed by atoms with Gasteiger partial charge in [0.25, 0.3) is 0 Å². The van der Waals surface area contributed by atoms with Gasteiger partial charge in [0, 0.05) is 10.4 Å². The van der Waals surface area contributed by atoms with Crippen LogP contribution in [0.15, 0.2) is 42.5 Å². The van der Waals surface area contributed by atoms with Crippen LogP contribution in [0.3, 0.4) is 0 Å². The molecule has 21 heavy (non-hydrogen) atoms. The summed E-state index contributed by atoms with van der Waals surface area (Å²) in [7, 11) is 0. The summed E-state index contributed by atoms with van der Waals surface area (Å²) in [6.07, 6.45) is 0.